The number of carbonyl (C=O) groups excluding carboxylic acids is 3. The van der Waals surface area contributed by atoms with Crippen molar-refractivity contribution in [3.05, 3.63) is 29.8 Å². The van der Waals surface area contributed by atoms with Crippen LogP contribution in [0.3, 0.4) is 0 Å². The van der Waals surface area contributed by atoms with E-state index in [1.807, 2.05) is 13.8 Å². The number of aliphatic hydroxyl groups is 1. The van der Waals surface area contributed by atoms with E-state index in [2.05, 4.69) is 14.9 Å². The third-order valence-electron chi connectivity index (χ3n) is 7.19. The summed E-state index contributed by atoms with van der Waals surface area (Å²) in [5, 5.41) is 13.3. The number of nitrogens with zero attached hydrogens (tertiary/aromatic N) is 2. The minimum atomic E-state index is -3.38. The summed E-state index contributed by atoms with van der Waals surface area (Å²) >= 11 is 0. The van der Waals surface area contributed by atoms with Crippen LogP contribution in [-0.4, -0.2) is 85.6 Å². The molecule has 1 unspecified atom stereocenters. The lowest BCUT2D eigenvalue weighted by atomic mass is 9.88. The average Bonchev–Trinajstić information content (AvgIpc) is 2.99. The Hall–Kier alpha value is -2.34. The maximum atomic E-state index is 13.2. The first-order valence-corrected chi connectivity index (χ1v) is 14.0. The van der Waals surface area contributed by atoms with E-state index in [0.29, 0.717) is 30.6 Å². The van der Waals surface area contributed by atoms with Gasteiger partial charge in [0.25, 0.3) is 0 Å². The van der Waals surface area contributed by atoms with Crippen LogP contribution in [-0.2, 0) is 19.6 Å². The number of piperidine rings is 1. The molecule has 5 atom stereocenters. The monoisotopic (exact) mass is 506 g/mol. The van der Waals surface area contributed by atoms with Crippen molar-refractivity contribution in [1.29, 1.82) is 0 Å². The molecule has 0 aliphatic carbocycles. The second-order valence-electron chi connectivity index (χ2n) is 10.1. The van der Waals surface area contributed by atoms with Crippen molar-refractivity contribution >= 4 is 33.3 Å². The quantitative estimate of drug-likeness (QED) is 0.430. The summed E-state index contributed by atoms with van der Waals surface area (Å²) in [6, 6.07) is 6.78. The number of anilines is 1. The summed E-state index contributed by atoms with van der Waals surface area (Å²) < 4.78 is 24.9. The standard InChI is InChI=1S/C24H34N4O6S/c1-14(2)28-20-7-5-4-6-19(20)22(30)21(24(28)32)23(31)26-15-10-16-8-9-17(11-15)27(16)13-18(29)12-25-35(3,33)34/h4-7,14-18,21,25,29H,8-13H2,1-3H3,(H,26,31)/t15-,16-,17+,18-,21?/m0/s1. The van der Waals surface area contributed by atoms with Crippen LogP contribution in [0.4, 0.5) is 5.69 Å². The number of fused-ring (bicyclic) bond motifs is 3. The molecule has 4 rings (SSSR count). The number of carbonyl (C=O) groups is 3. The van der Waals surface area contributed by atoms with E-state index in [1.165, 1.54) is 4.90 Å². The van der Waals surface area contributed by atoms with Crippen LogP contribution in [0.5, 0.6) is 0 Å². The van der Waals surface area contributed by atoms with Crippen LogP contribution in [0.15, 0.2) is 24.3 Å². The van der Waals surface area contributed by atoms with Crippen molar-refractivity contribution in [3.63, 3.8) is 0 Å². The van der Waals surface area contributed by atoms with Gasteiger partial charge in [0.1, 0.15) is 0 Å². The summed E-state index contributed by atoms with van der Waals surface area (Å²) in [6.07, 6.45) is 3.34. The molecule has 3 aliphatic heterocycles. The van der Waals surface area contributed by atoms with Gasteiger partial charge in [-0.3, -0.25) is 19.3 Å². The largest absolute Gasteiger partial charge is 0.390 e. The minimum Gasteiger partial charge on any atom is -0.390 e. The predicted molar refractivity (Wildman–Crippen MR) is 130 cm³/mol. The Morgan fingerprint density at radius 3 is 2.37 bits per heavy atom. The van der Waals surface area contributed by atoms with E-state index in [1.54, 1.807) is 24.3 Å². The summed E-state index contributed by atoms with van der Waals surface area (Å²) in [4.78, 5) is 43.3. The lowest BCUT2D eigenvalue weighted by Gasteiger charge is -2.41. The van der Waals surface area contributed by atoms with Crippen molar-refractivity contribution in [2.75, 3.05) is 24.2 Å². The Balaban J connectivity index is 1.41. The highest BCUT2D eigenvalue weighted by molar-refractivity contribution is 7.88. The second-order valence-corrected chi connectivity index (χ2v) is 12.0. The van der Waals surface area contributed by atoms with Gasteiger partial charge in [-0.1, -0.05) is 12.1 Å². The first-order valence-electron chi connectivity index (χ1n) is 12.1. The minimum absolute atomic E-state index is 0.0470. The Morgan fingerprint density at radius 1 is 1.14 bits per heavy atom. The van der Waals surface area contributed by atoms with Gasteiger partial charge < -0.3 is 15.3 Å². The molecule has 35 heavy (non-hydrogen) atoms. The fourth-order valence-corrected chi connectivity index (χ4v) is 6.21. The summed E-state index contributed by atoms with van der Waals surface area (Å²) in [7, 11) is -3.38. The van der Waals surface area contributed by atoms with Gasteiger partial charge in [0.2, 0.25) is 21.8 Å². The number of hydrogen-bond donors (Lipinski definition) is 3. The number of amides is 2. The molecule has 2 fully saturated rings. The molecule has 10 nitrogen and oxygen atoms in total. The lowest BCUT2D eigenvalue weighted by molar-refractivity contribution is -0.132. The molecule has 1 aromatic rings. The summed E-state index contributed by atoms with van der Waals surface area (Å²) in [5.74, 6) is -2.92. The van der Waals surface area contributed by atoms with Crippen molar-refractivity contribution in [2.24, 2.45) is 5.92 Å². The molecule has 3 N–H and O–H groups in total. The highest BCUT2D eigenvalue weighted by Gasteiger charge is 2.47. The van der Waals surface area contributed by atoms with Crippen LogP contribution in [0.1, 0.15) is 49.9 Å². The maximum absolute atomic E-state index is 13.2. The van der Waals surface area contributed by atoms with Gasteiger partial charge in [0.05, 0.1) is 18.0 Å². The maximum Gasteiger partial charge on any atom is 0.247 e. The van der Waals surface area contributed by atoms with Gasteiger partial charge in [-0.2, -0.15) is 0 Å². The van der Waals surface area contributed by atoms with Crippen molar-refractivity contribution in [2.45, 2.75) is 69.8 Å². The third kappa shape index (κ3) is 5.42. The van der Waals surface area contributed by atoms with Gasteiger partial charge >= 0.3 is 0 Å². The zero-order valence-electron chi connectivity index (χ0n) is 20.3. The van der Waals surface area contributed by atoms with E-state index >= 15 is 0 Å². The van der Waals surface area contributed by atoms with E-state index in [0.717, 1.165) is 19.1 Å². The van der Waals surface area contributed by atoms with E-state index in [4.69, 9.17) is 0 Å². The first kappa shape index (κ1) is 25.7. The van der Waals surface area contributed by atoms with Gasteiger partial charge in [-0.05, 0) is 51.7 Å². The van der Waals surface area contributed by atoms with Gasteiger partial charge in [0, 0.05) is 42.8 Å². The second kappa shape index (κ2) is 9.96. The number of para-hydroxylation sites is 1. The van der Waals surface area contributed by atoms with Gasteiger partial charge in [0.15, 0.2) is 11.7 Å². The zero-order chi connectivity index (χ0) is 25.5. The van der Waals surface area contributed by atoms with Gasteiger partial charge in [-0.15, -0.1) is 0 Å². The molecule has 2 saturated heterocycles. The number of sulfonamides is 1. The Morgan fingerprint density at radius 2 is 1.77 bits per heavy atom. The molecule has 0 radical (unpaired) electrons. The molecule has 2 bridgehead atoms. The number of aliphatic hydroxyl groups excluding tert-OH is 1. The highest BCUT2D eigenvalue weighted by atomic mass is 32.2. The van der Waals surface area contributed by atoms with E-state index in [-0.39, 0.29) is 30.7 Å². The SMILES string of the molecule is CC(C)N1C(=O)C(C(=O)N[C@@H]2C[C@H]3CC[C@@H](C2)N3C[C@@H](O)CNS(C)(=O)=O)C(=O)c2ccccc21. The molecule has 2 amide bonds. The molecule has 0 spiro atoms. The molecular weight excluding hydrogens is 472 g/mol. The van der Waals surface area contributed by atoms with E-state index in [9.17, 15) is 27.9 Å². The summed E-state index contributed by atoms with van der Waals surface area (Å²) in [5.41, 5.74) is 0.921. The van der Waals surface area contributed by atoms with Crippen LogP contribution in [0.2, 0.25) is 0 Å². The van der Waals surface area contributed by atoms with Crippen molar-refractivity contribution in [3.8, 4) is 0 Å². The van der Waals surface area contributed by atoms with Crippen LogP contribution in [0.25, 0.3) is 0 Å². The van der Waals surface area contributed by atoms with E-state index < -0.39 is 39.6 Å². The van der Waals surface area contributed by atoms with Crippen LogP contribution < -0.4 is 14.9 Å². The zero-order valence-corrected chi connectivity index (χ0v) is 21.1. The molecular formula is C24H34N4O6S. The molecule has 3 heterocycles. The van der Waals surface area contributed by atoms with Crippen LogP contribution >= 0.6 is 0 Å². The Bertz CT molecular complexity index is 1090. The third-order valence-corrected chi connectivity index (χ3v) is 7.88. The molecule has 0 aromatic heterocycles. The molecule has 11 heteroatoms. The molecule has 192 valence electrons. The predicted octanol–water partition coefficient (Wildman–Crippen LogP) is 0.262. The Kier molecular flexibility index (Phi) is 7.33. The molecule has 1 aromatic carbocycles. The average molecular weight is 507 g/mol. The number of Topliss-reactive ketones (excluding diaryl/α,β-unsaturated/α-hetero) is 1. The number of rotatable bonds is 8. The smallest absolute Gasteiger partial charge is 0.247 e. The number of benzene rings is 1. The molecule has 0 saturated carbocycles. The summed E-state index contributed by atoms with van der Waals surface area (Å²) in [6.45, 7) is 4.01. The number of ketones is 1. The molecule has 3 aliphatic rings. The number of hydrogen-bond acceptors (Lipinski definition) is 7. The lowest BCUT2D eigenvalue weighted by Crippen LogP contribution is -2.57. The fourth-order valence-electron chi connectivity index (χ4n) is 5.71. The Labute approximate surface area is 206 Å². The van der Waals surface area contributed by atoms with Crippen LogP contribution in [0, 0.1) is 5.92 Å². The topological polar surface area (TPSA) is 136 Å². The number of nitrogens with one attached hydrogen (secondary N) is 2. The van der Waals surface area contributed by atoms with Crippen molar-refractivity contribution in [1.82, 2.24) is 14.9 Å². The van der Waals surface area contributed by atoms with Crippen molar-refractivity contribution < 1.29 is 27.9 Å². The first-order chi connectivity index (χ1) is 16.5. The highest BCUT2D eigenvalue weighted by Crippen LogP contribution is 2.37. The fraction of sp³-hybridized carbons (Fsp3) is 0.625. The van der Waals surface area contributed by atoms with Gasteiger partial charge in [-0.25, -0.2) is 13.1 Å². The normalized spacial score (nSPS) is 27.7.